The van der Waals surface area contributed by atoms with E-state index < -0.39 is 12.1 Å². The zero-order valence-corrected chi connectivity index (χ0v) is 9.15. The van der Waals surface area contributed by atoms with Crippen LogP contribution in [0, 0.1) is 0 Å². The van der Waals surface area contributed by atoms with Crippen molar-refractivity contribution in [3.8, 4) is 0 Å². The number of carbonyl (C=O) groups is 1. The zero-order chi connectivity index (χ0) is 11.5. The fourth-order valence-corrected chi connectivity index (χ4v) is 0.911. The molecule has 0 amide bonds. The van der Waals surface area contributed by atoms with Gasteiger partial charge in [0, 0.05) is 0 Å². The Morgan fingerprint density at radius 1 is 1.40 bits per heavy atom. The highest BCUT2D eigenvalue weighted by atomic mass is 16.6. The summed E-state index contributed by atoms with van der Waals surface area (Å²) in [7, 11) is 0. The van der Waals surface area contributed by atoms with Gasteiger partial charge in [-0.05, 0) is 6.42 Å². The van der Waals surface area contributed by atoms with E-state index in [-0.39, 0.29) is 19.8 Å². The standard InChI is InChI=1S/C10H20O5/c1-2-3-4-5-15-10(13)8-14-7-9(12)6-11/h9,11-12H,2-8H2,1H3. The number of hydrogen-bond donors (Lipinski definition) is 2. The number of rotatable bonds is 9. The molecule has 0 spiro atoms. The summed E-state index contributed by atoms with van der Waals surface area (Å²) in [5.41, 5.74) is 0. The van der Waals surface area contributed by atoms with Crippen molar-refractivity contribution in [1.82, 2.24) is 0 Å². The summed E-state index contributed by atoms with van der Waals surface area (Å²) in [5, 5.41) is 17.3. The lowest BCUT2D eigenvalue weighted by atomic mass is 10.3. The quantitative estimate of drug-likeness (QED) is 0.425. The highest BCUT2D eigenvalue weighted by molar-refractivity contribution is 5.70. The van der Waals surface area contributed by atoms with E-state index >= 15 is 0 Å². The van der Waals surface area contributed by atoms with Crippen LogP contribution in [0.15, 0.2) is 0 Å². The van der Waals surface area contributed by atoms with Gasteiger partial charge in [-0.2, -0.15) is 0 Å². The molecular weight excluding hydrogens is 200 g/mol. The van der Waals surface area contributed by atoms with E-state index in [2.05, 4.69) is 6.92 Å². The van der Waals surface area contributed by atoms with Gasteiger partial charge in [-0.15, -0.1) is 0 Å². The van der Waals surface area contributed by atoms with E-state index in [1.165, 1.54) is 0 Å². The van der Waals surface area contributed by atoms with Gasteiger partial charge in [0.2, 0.25) is 0 Å². The van der Waals surface area contributed by atoms with E-state index in [4.69, 9.17) is 19.7 Å². The number of aliphatic hydroxyl groups excluding tert-OH is 2. The lowest BCUT2D eigenvalue weighted by Crippen LogP contribution is -2.22. The van der Waals surface area contributed by atoms with Gasteiger partial charge < -0.3 is 19.7 Å². The van der Waals surface area contributed by atoms with Crippen LogP contribution in [0.3, 0.4) is 0 Å². The van der Waals surface area contributed by atoms with E-state index in [1.807, 2.05) is 0 Å². The SMILES string of the molecule is CCCCCOC(=O)COCC(O)CO. The van der Waals surface area contributed by atoms with Crippen LogP contribution in [0.4, 0.5) is 0 Å². The molecule has 1 unspecified atom stereocenters. The van der Waals surface area contributed by atoms with Gasteiger partial charge in [-0.3, -0.25) is 0 Å². The molecule has 15 heavy (non-hydrogen) atoms. The average molecular weight is 220 g/mol. The van der Waals surface area contributed by atoms with Crippen molar-refractivity contribution in [2.75, 3.05) is 26.4 Å². The molecule has 0 bridgehead atoms. The van der Waals surface area contributed by atoms with E-state index in [9.17, 15) is 4.79 Å². The van der Waals surface area contributed by atoms with Crippen molar-refractivity contribution < 1.29 is 24.5 Å². The molecule has 0 aromatic carbocycles. The largest absolute Gasteiger partial charge is 0.464 e. The normalized spacial score (nSPS) is 12.5. The lowest BCUT2D eigenvalue weighted by molar-refractivity contribution is -0.150. The maximum atomic E-state index is 11.0. The number of carbonyl (C=O) groups excluding carboxylic acids is 1. The molecule has 5 nitrogen and oxygen atoms in total. The van der Waals surface area contributed by atoms with Crippen LogP contribution in [0.25, 0.3) is 0 Å². The fourth-order valence-electron chi connectivity index (χ4n) is 0.911. The van der Waals surface area contributed by atoms with Gasteiger partial charge in [-0.1, -0.05) is 19.8 Å². The third-order valence-electron chi connectivity index (χ3n) is 1.75. The van der Waals surface area contributed by atoms with Crippen LogP contribution in [0.1, 0.15) is 26.2 Å². The van der Waals surface area contributed by atoms with Crippen LogP contribution in [-0.4, -0.2) is 48.7 Å². The maximum absolute atomic E-state index is 11.0. The van der Waals surface area contributed by atoms with Crippen LogP contribution < -0.4 is 0 Å². The van der Waals surface area contributed by atoms with Crippen molar-refractivity contribution in [2.24, 2.45) is 0 Å². The summed E-state index contributed by atoms with van der Waals surface area (Å²) in [4.78, 5) is 11.0. The summed E-state index contributed by atoms with van der Waals surface area (Å²) in [5.74, 6) is -0.434. The monoisotopic (exact) mass is 220 g/mol. The molecule has 0 rings (SSSR count). The third-order valence-corrected chi connectivity index (χ3v) is 1.75. The smallest absolute Gasteiger partial charge is 0.332 e. The topological polar surface area (TPSA) is 76.0 Å². The molecule has 1 atom stereocenters. The second-order valence-electron chi connectivity index (χ2n) is 3.28. The molecule has 0 fully saturated rings. The first kappa shape index (κ1) is 14.3. The second-order valence-corrected chi connectivity index (χ2v) is 3.28. The predicted molar refractivity (Wildman–Crippen MR) is 54.4 cm³/mol. The Hall–Kier alpha value is -0.650. The van der Waals surface area contributed by atoms with Crippen LogP contribution in [0.5, 0.6) is 0 Å². The van der Waals surface area contributed by atoms with Crippen molar-refractivity contribution in [3.63, 3.8) is 0 Å². The fraction of sp³-hybridized carbons (Fsp3) is 0.900. The lowest BCUT2D eigenvalue weighted by Gasteiger charge is -2.08. The van der Waals surface area contributed by atoms with Gasteiger partial charge in [-0.25, -0.2) is 4.79 Å². The third kappa shape index (κ3) is 9.65. The Morgan fingerprint density at radius 3 is 2.73 bits per heavy atom. The molecule has 0 aliphatic rings. The van der Waals surface area contributed by atoms with Crippen molar-refractivity contribution >= 4 is 5.97 Å². The zero-order valence-electron chi connectivity index (χ0n) is 9.15. The number of hydrogen-bond acceptors (Lipinski definition) is 5. The molecule has 0 aromatic rings. The highest BCUT2D eigenvalue weighted by Crippen LogP contribution is 1.94. The van der Waals surface area contributed by atoms with Gasteiger partial charge in [0.1, 0.15) is 12.7 Å². The minimum atomic E-state index is -0.933. The first-order valence-electron chi connectivity index (χ1n) is 5.23. The van der Waals surface area contributed by atoms with E-state index in [0.717, 1.165) is 19.3 Å². The Morgan fingerprint density at radius 2 is 2.13 bits per heavy atom. The Bertz CT molecular complexity index is 160. The molecule has 0 saturated heterocycles. The Labute approximate surface area is 90.0 Å². The van der Waals surface area contributed by atoms with E-state index in [1.54, 1.807) is 0 Å². The minimum Gasteiger partial charge on any atom is -0.464 e. The summed E-state index contributed by atoms with van der Waals surface area (Å²) in [6.07, 6.45) is 2.05. The molecule has 0 aliphatic heterocycles. The molecule has 0 aromatic heterocycles. The minimum absolute atomic E-state index is 0.0550. The van der Waals surface area contributed by atoms with Gasteiger partial charge in [0.25, 0.3) is 0 Å². The Balaban J connectivity index is 3.26. The molecule has 5 heteroatoms. The first-order chi connectivity index (χ1) is 7.20. The molecule has 2 N–H and O–H groups in total. The number of esters is 1. The van der Waals surface area contributed by atoms with Crippen LogP contribution in [0.2, 0.25) is 0 Å². The molecule has 0 saturated carbocycles. The van der Waals surface area contributed by atoms with Crippen molar-refractivity contribution in [2.45, 2.75) is 32.3 Å². The number of ether oxygens (including phenoxy) is 2. The summed E-state index contributed by atoms with van der Waals surface area (Å²) < 4.78 is 9.67. The van der Waals surface area contributed by atoms with Gasteiger partial charge in [0.15, 0.2) is 0 Å². The highest BCUT2D eigenvalue weighted by Gasteiger charge is 2.05. The van der Waals surface area contributed by atoms with Crippen molar-refractivity contribution in [1.29, 1.82) is 0 Å². The number of aliphatic hydroxyl groups is 2. The van der Waals surface area contributed by atoms with E-state index in [0.29, 0.717) is 6.61 Å². The molecule has 90 valence electrons. The molecule has 0 radical (unpaired) electrons. The molecule has 0 heterocycles. The summed E-state index contributed by atoms with van der Waals surface area (Å²) in [6, 6.07) is 0. The van der Waals surface area contributed by atoms with Crippen molar-refractivity contribution in [3.05, 3.63) is 0 Å². The van der Waals surface area contributed by atoms with Crippen LogP contribution >= 0.6 is 0 Å². The molecule has 0 aliphatic carbocycles. The first-order valence-corrected chi connectivity index (χ1v) is 5.23. The predicted octanol–water partition coefficient (Wildman–Crippen LogP) is 0.0896. The molecular formula is C10H20O5. The maximum Gasteiger partial charge on any atom is 0.332 e. The average Bonchev–Trinajstić information content (AvgIpc) is 2.24. The van der Waals surface area contributed by atoms with Gasteiger partial charge >= 0.3 is 5.97 Å². The summed E-state index contributed by atoms with van der Waals surface area (Å²) >= 11 is 0. The van der Waals surface area contributed by atoms with Gasteiger partial charge in [0.05, 0.1) is 19.8 Å². The second kappa shape index (κ2) is 9.89. The number of unbranched alkanes of at least 4 members (excludes halogenated alkanes) is 2. The summed E-state index contributed by atoms with van der Waals surface area (Å²) in [6.45, 7) is 1.88. The Kier molecular flexibility index (Phi) is 9.46. The van der Waals surface area contributed by atoms with Crippen LogP contribution in [-0.2, 0) is 14.3 Å².